The van der Waals surface area contributed by atoms with Crippen LogP contribution in [0.3, 0.4) is 0 Å². The second kappa shape index (κ2) is 8.24. The molecular weight excluding hydrogens is 308 g/mol. The number of hydrogen-bond acceptors (Lipinski definition) is 5. The van der Waals surface area contributed by atoms with Crippen molar-refractivity contribution in [3.05, 3.63) is 41.1 Å². The van der Waals surface area contributed by atoms with Gasteiger partial charge in [-0.1, -0.05) is 12.1 Å². The highest BCUT2D eigenvalue weighted by atomic mass is 16.5. The summed E-state index contributed by atoms with van der Waals surface area (Å²) in [6.45, 7) is 4.83. The van der Waals surface area contributed by atoms with Crippen molar-refractivity contribution >= 4 is 5.96 Å². The van der Waals surface area contributed by atoms with Crippen molar-refractivity contribution in [2.75, 3.05) is 21.3 Å². The summed E-state index contributed by atoms with van der Waals surface area (Å²) in [6.07, 6.45) is 0. The predicted molar refractivity (Wildman–Crippen MR) is 92.6 cm³/mol. The third kappa shape index (κ3) is 4.18. The molecule has 0 fully saturated rings. The number of para-hydroxylation sites is 1. The number of rotatable bonds is 6. The number of oxazole rings is 1. The smallest absolute Gasteiger partial charge is 0.214 e. The first-order chi connectivity index (χ1) is 11.6. The van der Waals surface area contributed by atoms with E-state index >= 15 is 0 Å². The van der Waals surface area contributed by atoms with E-state index < -0.39 is 0 Å². The van der Waals surface area contributed by atoms with Crippen LogP contribution >= 0.6 is 0 Å². The summed E-state index contributed by atoms with van der Waals surface area (Å²) in [5.74, 6) is 3.52. The van der Waals surface area contributed by atoms with Crippen LogP contribution < -0.4 is 20.1 Å². The molecule has 2 N–H and O–H groups in total. The number of aromatic nitrogens is 1. The van der Waals surface area contributed by atoms with Crippen molar-refractivity contribution in [3.8, 4) is 11.5 Å². The standard InChI is InChI=1S/C17H24N4O3/c1-11-12(2)24-15(21-11)10-20-17(18-3)19-9-13-7-6-8-14(22-4)16(13)23-5/h6-8H,9-10H2,1-5H3,(H2,18,19,20). The van der Waals surface area contributed by atoms with Crippen molar-refractivity contribution in [2.24, 2.45) is 4.99 Å². The fraction of sp³-hybridized carbons (Fsp3) is 0.412. The number of aliphatic imine (C=N–C) groups is 1. The molecule has 0 amide bonds. The van der Waals surface area contributed by atoms with Crippen LogP contribution in [0.1, 0.15) is 22.9 Å². The van der Waals surface area contributed by atoms with Gasteiger partial charge in [0.05, 0.1) is 26.5 Å². The minimum atomic E-state index is 0.462. The van der Waals surface area contributed by atoms with Gasteiger partial charge in [0.15, 0.2) is 17.5 Å². The Kier molecular flexibility index (Phi) is 6.06. The number of nitrogens with zero attached hydrogens (tertiary/aromatic N) is 2. The molecule has 7 nitrogen and oxygen atoms in total. The van der Waals surface area contributed by atoms with Crippen molar-refractivity contribution in [1.82, 2.24) is 15.6 Å². The van der Waals surface area contributed by atoms with Crippen molar-refractivity contribution in [2.45, 2.75) is 26.9 Å². The Morgan fingerprint density at radius 1 is 1.17 bits per heavy atom. The molecule has 0 bridgehead atoms. The van der Waals surface area contributed by atoms with Crippen LogP contribution in [0, 0.1) is 13.8 Å². The fourth-order valence-electron chi connectivity index (χ4n) is 2.27. The number of ether oxygens (including phenoxy) is 2. The van der Waals surface area contributed by atoms with Crippen LogP contribution in [0.15, 0.2) is 27.6 Å². The second-order valence-electron chi connectivity index (χ2n) is 5.18. The quantitative estimate of drug-likeness (QED) is 0.623. The Morgan fingerprint density at radius 2 is 1.92 bits per heavy atom. The molecule has 0 atom stereocenters. The maximum absolute atomic E-state index is 5.55. The van der Waals surface area contributed by atoms with Gasteiger partial charge in [0.2, 0.25) is 5.89 Å². The summed E-state index contributed by atoms with van der Waals surface area (Å²) < 4.78 is 16.3. The van der Waals surface area contributed by atoms with Crippen molar-refractivity contribution in [3.63, 3.8) is 0 Å². The lowest BCUT2D eigenvalue weighted by Crippen LogP contribution is -2.36. The van der Waals surface area contributed by atoms with E-state index in [9.17, 15) is 0 Å². The second-order valence-corrected chi connectivity index (χ2v) is 5.18. The van der Waals surface area contributed by atoms with Crippen LogP contribution in [-0.2, 0) is 13.1 Å². The van der Waals surface area contributed by atoms with E-state index in [1.165, 1.54) is 0 Å². The molecule has 0 saturated carbocycles. The molecule has 0 saturated heterocycles. The van der Waals surface area contributed by atoms with E-state index in [0.29, 0.717) is 36.4 Å². The molecule has 0 radical (unpaired) electrons. The summed E-state index contributed by atoms with van der Waals surface area (Å²) in [4.78, 5) is 8.53. The molecule has 2 aromatic rings. The van der Waals surface area contributed by atoms with Gasteiger partial charge in [-0.3, -0.25) is 4.99 Å². The molecule has 130 valence electrons. The Morgan fingerprint density at radius 3 is 2.50 bits per heavy atom. The zero-order valence-corrected chi connectivity index (χ0v) is 14.8. The molecule has 7 heteroatoms. The largest absolute Gasteiger partial charge is 0.493 e. The lowest BCUT2D eigenvalue weighted by Gasteiger charge is -2.15. The SMILES string of the molecule is CN=C(NCc1nc(C)c(C)o1)NCc1cccc(OC)c1OC. The predicted octanol–water partition coefficient (Wildman–Crippen LogP) is 2.17. The van der Waals surface area contributed by atoms with E-state index in [1.54, 1.807) is 21.3 Å². The van der Waals surface area contributed by atoms with Gasteiger partial charge in [-0.05, 0) is 19.9 Å². The molecule has 1 aromatic carbocycles. The Hall–Kier alpha value is -2.70. The van der Waals surface area contributed by atoms with Gasteiger partial charge < -0.3 is 24.5 Å². The van der Waals surface area contributed by atoms with E-state index in [-0.39, 0.29) is 0 Å². The van der Waals surface area contributed by atoms with Crippen LogP contribution in [-0.4, -0.2) is 32.2 Å². The number of nitrogens with one attached hydrogen (secondary N) is 2. The highest BCUT2D eigenvalue weighted by molar-refractivity contribution is 5.79. The van der Waals surface area contributed by atoms with E-state index in [0.717, 1.165) is 17.0 Å². The third-order valence-electron chi connectivity index (χ3n) is 3.63. The van der Waals surface area contributed by atoms with Crippen LogP contribution in [0.5, 0.6) is 11.5 Å². The van der Waals surface area contributed by atoms with Gasteiger partial charge >= 0.3 is 0 Å². The molecule has 0 aliphatic heterocycles. The van der Waals surface area contributed by atoms with Crippen LogP contribution in [0.2, 0.25) is 0 Å². The van der Waals surface area contributed by atoms with Gasteiger partial charge in [0, 0.05) is 19.2 Å². The monoisotopic (exact) mass is 332 g/mol. The van der Waals surface area contributed by atoms with E-state index in [2.05, 4.69) is 20.6 Å². The molecule has 1 aromatic heterocycles. The number of hydrogen-bond donors (Lipinski definition) is 2. The summed E-state index contributed by atoms with van der Waals surface area (Å²) in [6, 6.07) is 5.76. The lowest BCUT2D eigenvalue weighted by atomic mass is 10.2. The number of guanidine groups is 1. The Labute approximate surface area is 142 Å². The number of benzene rings is 1. The molecule has 24 heavy (non-hydrogen) atoms. The average molecular weight is 332 g/mol. The minimum absolute atomic E-state index is 0.462. The van der Waals surface area contributed by atoms with Crippen LogP contribution in [0.25, 0.3) is 0 Å². The highest BCUT2D eigenvalue weighted by Crippen LogP contribution is 2.30. The molecule has 0 spiro atoms. The first kappa shape index (κ1) is 17.7. The van der Waals surface area contributed by atoms with Gasteiger partial charge in [0.1, 0.15) is 5.76 Å². The molecular formula is C17H24N4O3. The number of aryl methyl sites for hydroxylation is 2. The van der Waals surface area contributed by atoms with Gasteiger partial charge in [0.25, 0.3) is 0 Å². The van der Waals surface area contributed by atoms with Crippen LogP contribution in [0.4, 0.5) is 0 Å². The fourth-order valence-corrected chi connectivity index (χ4v) is 2.27. The number of methoxy groups -OCH3 is 2. The van der Waals surface area contributed by atoms with Gasteiger partial charge in [-0.25, -0.2) is 4.98 Å². The Balaban J connectivity index is 1.97. The molecule has 1 heterocycles. The highest BCUT2D eigenvalue weighted by Gasteiger charge is 2.10. The summed E-state index contributed by atoms with van der Waals surface area (Å²) >= 11 is 0. The maximum Gasteiger partial charge on any atom is 0.214 e. The molecule has 0 aliphatic carbocycles. The normalized spacial score (nSPS) is 11.3. The molecule has 0 aliphatic rings. The molecule has 2 rings (SSSR count). The lowest BCUT2D eigenvalue weighted by molar-refractivity contribution is 0.351. The zero-order valence-electron chi connectivity index (χ0n) is 14.8. The Bertz CT molecular complexity index is 690. The van der Waals surface area contributed by atoms with E-state index in [1.807, 2.05) is 32.0 Å². The first-order valence-corrected chi connectivity index (χ1v) is 7.66. The molecule has 0 unspecified atom stereocenters. The summed E-state index contributed by atoms with van der Waals surface area (Å²) in [5.41, 5.74) is 1.87. The summed E-state index contributed by atoms with van der Waals surface area (Å²) in [5, 5.41) is 6.41. The van der Waals surface area contributed by atoms with Crippen molar-refractivity contribution in [1.29, 1.82) is 0 Å². The first-order valence-electron chi connectivity index (χ1n) is 7.66. The van der Waals surface area contributed by atoms with Crippen molar-refractivity contribution < 1.29 is 13.9 Å². The zero-order chi connectivity index (χ0) is 17.5. The van der Waals surface area contributed by atoms with Gasteiger partial charge in [-0.2, -0.15) is 0 Å². The topological polar surface area (TPSA) is 80.9 Å². The van der Waals surface area contributed by atoms with E-state index in [4.69, 9.17) is 13.9 Å². The maximum atomic E-state index is 5.55. The third-order valence-corrected chi connectivity index (χ3v) is 3.63. The summed E-state index contributed by atoms with van der Waals surface area (Å²) in [7, 11) is 4.96. The minimum Gasteiger partial charge on any atom is -0.493 e. The average Bonchev–Trinajstić information content (AvgIpc) is 2.92. The van der Waals surface area contributed by atoms with Gasteiger partial charge in [-0.15, -0.1) is 0 Å².